The number of aliphatic hydroxyl groups excluding tert-OH is 1. The Hall–Kier alpha value is -2.07. The lowest BCUT2D eigenvalue weighted by Crippen LogP contribution is -2.34. The molecule has 2 aromatic heterocycles. The number of rotatable bonds is 3. The minimum atomic E-state index is -0.716. The quantitative estimate of drug-likeness (QED) is 0.638. The molecule has 144 valence electrons. The van der Waals surface area contributed by atoms with E-state index < -0.39 is 23.7 Å². The van der Waals surface area contributed by atoms with Gasteiger partial charge in [-0.25, -0.2) is 15.0 Å². The molecular weight excluding hydrogens is 350 g/mol. The molecule has 1 N–H and O–H groups in total. The molecule has 9 heteroatoms. The molecule has 5 rings (SSSR count). The van der Waals surface area contributed by atoms with Crippen molar-refractivity contribution in [3.8, 4) is 0 Å². The molecule has 27 heavy (non-hydrogen) atoms. The summed E-state index contributed by atoms with van der Waals surface area (Å²) in [7, 11) is 3.80. The van der Waals surface area contributed by atoms with Crippen molar-refractivity contribution in [2.75, 3.05) is 14.1 Å². The molecule has 2 unspecified atom stereocenters. The van der Waals surface area contributed by atoms with Crippen LogP contribution in [0, 0.1) is 0 Å². The average molecular weight is 373 g/mol. The van der Waals surface area contributed by atoms with E-state index in [4.69, 9.17) is 14.2 Å². The van der Waals surface area contributed by atoms with Crippen molar-refractivity contribution in [2.45, 2.75) is 56.2 Å². The number of aliphatic imine (C=N–C) groups is 1. The van der Waals surface area contributed by atoms with Crippen LogP contribution in [0.1, 0.15) is 26.5 Å². The Bertz CT molecular complexity index is 926. The molecule has 2 saturated heterocycles. The fraction of sp³-hybridized carbons (Fsp3) is 0.611. The van der Waals surface area contributed by atoms with Gasteiger partial charge >= 0.3 is 0 Å². The molecule has 1 spiro atoms. The second kappa shape index (κ2) is 5.48. The summed E-state index contributed by atoms with van der Waals surface area (Å²) in [5, 5.41) is 11.0. The van der Waals surface area contributed by atoms with E-state index in [2.05, 4.69) is 15.0 Å². The Morgan fingerprint density at radius 3 is 2.78 bits per heavy atom. The second-order valence-electron chi connectivity index (χ2n) is 8.07. The zero-order chi connectivity index (χ0) is 19.0. The Kier molecular flexibility index (Phi) is 3.46. The molecule has 0 bridgehead atoms. The molecule has 3 aliphatic rings. The van der Waals surface area contributed by atoms with Crippen molar-refractivity contribution >= 4 is 23.2 Å². The SMILES string of the molecule is CN(C)C=Nc1ncnc2c1ccn2[C@@H]1OC2(CC2O)[C@H]2OC(C)(C)O[C@@H]12. The van der Waals surface area contributed by atoms with Gasteiger partial charge in [-0.05, 0) is 19.9 Å². The molecule has 0 aromatic carbocycles. The van der Waals surface area contributed by atoms with E-state index in [0.29, 0.717) is 17.9 Å². The summed E-state index contributed by atoms with van der Waals surface area (Å²) in [6.07, 6.45) is 4.04. The van der Waals surface area contributed by atoms with Crippen LogP contribution in [0.4, 0.5) is 5.82 Å². The van der Waals surface area contributed by atoms with Crippen molar-refractivity contribution in [1.82, 2.24) is 19.4 Å². The van der Waals surface area contributed by atoms with Gasteiger partial charge in [0.05, 0.1) is 17.8 Å². The number of hydrogen-bond donors (Lipinski definition) is 1. The van der Waals surface area contributed by atoms with Gasteiger partial charge in [-0.3, -0.25) is 0 Å². The minimum Gasteiger partial charge on any atom is -0.390 e. The summed E-state index contributed by atoms with van der Waals surface area (Å²) in [5.74, 6) is -0.127. The number of aliphatic hydroxyl groups is 1. The fourth-order valence-electron chi connectivity index (χ4n) is 4.06. The van der Waals surface area contributed by atoms with Crippen molar-refractivity contribution in [3.63, 3.8) is 0 Å². The number of fused-ring (bicyclic) bond motifs is 3. The van der Waals surface area contributed by atoms with Crippen LogP contribution in [0.15, 0.2) is 23.6 Å². The summed E-state index contributed by atoms with van der Waals surface area (Å²) in [6, 6.07) is 1.92. The predicted molar refractivity (Wildman–Crippen MR) is 96.7 cm³/mol. The monoisotopic (exact) mass is 373 g/mol. The second-order valence-corrected chi connectivity index (χ2v) is 8.07. The van der Waals surface area contributed by atoms with E-state index in [1.165, 1.54) is 6.33 Å². The van der Waals surface area contributed by atoms with E-state index >= 15 is 0 Å². The average Bonchev–Trinajstić information content (AvgIpc) is 2.90. The van der Waals surface area contributed by atoms with Gasteiger partial charge in [0.2, 0.25) is 0 Å². The van der Waals surface area contributed by atoms with E-state index in [0.717, 1.165) is 5.39 Å². The van der Waals surface area contributed by atoms with Gasteiger partial charge in [-0.2, -0.15) is 0 Å². The third-order valence-electron chi connectivity index (χ3n) is 5.32. The van der Waals surface area contributed by atoms with Crippen LogP contribution < -0.4 is 0 Å². The number of hydrogen-bond acceptors (Lipinski definition) is 7. The van der Waals surface area contributed by atoms with Crippen molar-refractivity contribution in [3.05, 3.63) is 18.6 Å². The van der Waals surface area contributed by atoms with Gasteiger partial charge in [0.15, 0.2) is 17.8 Å². The first-order valence-electron chi connectivity index (χ1n) is 9.04. The highest BCUT2D eigenvalue weighted by Gasteiger charge is 2.73. The first-order valence-corrected chi connectivity index (χ1v) is 9.04. The highest BCUT2D eigenvalue weighted by atomic mass is 16.8. The molecule has 0 radical (unpaired) electrons. The first-order chi connectivity index (χ1) is 12.8. The van der Waals surface area contributed by atoms with Gasteiger partial charge in [-0.1, -0.05) is 0 Å². The summed E-state index contributed by atoms with van der Waals surface area (Å²) < 4.78 is 20.4. The molecule has 3 fully saturated rings. The maximum absolute atomic E-state index is 10.2. The zero-order valence-electron chi connectivity index (χ0n) is 15.7. The third-order valence-corrected chi connectivity index (χ3v) is 5.32. The lowest BCUT2D eigenvalue weighted by atomic mass is 10.1. The van der Waals surface area contributed by atoms with E-state index in [9.17, 15) is 5.11 Å². The summed E-state index contributed by atoms with van der Waals surface area (Å²) in [4.78, 5) is 15.0. The smallest absolute Gasteiger partial charge is 0.166 e. The van der Waals surface area contributed by atoms with E-state index in [-0.39, 0.29) is 12.2 Å². The van der Waals surface area contributed by atoms with Crippen LogP contribution in [-0.2, 0) is 14.2 Å². The highest BCUT2D eigenvalue weighted by Crippen LogP contribution is 2.59. The lowest BCUT2D eigenvalue weighted by Gasteiger charge is -2.25. The van der Waals surface area contributed by atoms with Crippen molar-refractivity contribution in [1.29, 1.82) is 0 Å². The lowest BCUT2D eigenvalue weighted by molar-refractivity contribution is -0.205. The molecule has 9 nitrogen and oxygen atoms in total. The topological polar surface area (TPSA) is 94.2 Å². The van der Waals surface area contributed by atoms with Crippen LogP contribution >= 0.6 is 0 Å². The maximum Gasteiger partial charge on any atom is 0.166 e. The Morgan fingerprint density at radius 2 is 2.07 bits per heavy atom. The summed E-state index contributed by atoms with van der Waals surface area (Å²) in [6.45, 7) is 3.77. The molecule has 0 amide bonds. The number of nitrogens with zero attached hydrogens (tertiary/aromatic N) is 5. The van der Waals surface area contributed by atoms with Crippen molar-refractivity contribution in [2.24, 2.45) is 4.99 Å². The Labute approximate surface area is 156 Å². The normalized spacial score (nSPS) is 36.8. The van der Waals surface area contributed by atoms with Crippen LogP contribution in [-0.4, -0.2) is 74.7 Å². The van der Waals surface area contributed by atoms with Crippen LogP contribution in [0.2, 0.25) is 0 Å². The third kappa shape index (κ3) is 2.49. The molecule has 2 aromatic rings. The van der Waals surface area contributed by atoms with Crippen LogP contribution in [0.25, 0.3) is 11.0 Å². The summed E-state index contributed by atoms with van der Waals surface area (Å²) in [5.41, 5.74) is 0.0127. The Morgan fingerprint density at radius 1 is 1.30 bits per heavy atom. The number of ether oxygens (including phenoxy) is 3. The Balaban J connectivity index is 1.55. The van der Waals surface area contributed by atoms with Crippen molar-refractivity contribution < 1.29 is 19.3 Å². The van der Waals surface area contributed by atoms with Gasteiger partial charge in [0.25, 0.3) is 0 Å². The maximum atomic E-state index is 10.2. The molecule has 4 heterocycles. The number of aromatic nitrogens is 3. The largest absolute Gasteiger partial charge is 0.390 e. The molecule has 1 saturated carbocycles. The van der Waals surface area contributed by atoms with Crippen LogP contribution in [0.5, 0.6) is 0 Å². The van der Waals surface area contributed by atoms with Gasteiger partial charge in [-0.15, -0.1) is 0 Å². The van der Waals surface area contributed by atoms with Crippen LogP contribution in [0.3, 0.4) is 0 Å². The first kappa shape index (κ1) is 17.1. The summed E-state index contributed by atoms with van der Waals surface area (Å²) >= 11 is 0. The zero-order valence-corrected chi connectivity index (χ0v) is 15.7. The standard InChI is InChI=1S/C18H23N5O4/c1-17(2)25-12-13(26-17)18(7-11(18)24)27-16(12)23-6-5-10-14(21-9-22(3)4)19-8-20-15(10)23/h5-6,8-9,11-13,16,24H,7H2,1-4H3/t11?,12-,13+,16-,18?/m1/s1. The molecule has 5 atom stereocenters. The van der Waals surface area contributed by atoms with Gasteiger partial charge in [0, 0.05) is 26.7 Å². The molecular formula is C18H23N5O4. The highest BCUT2D eigenvalue weighted by molar-refractivity contribution is 5.87. The van der Waals surface area contributed by atoms with Gasteiger partial charge < -0.3 is 28.8 Å². The molecule has 2 aliphatic heterocycles. The molecule has 1 aliphatic carbocycles. The van der Waals surface area contributed by atoms with E-state index in [1.54, 1.807) is 6.34 Å². The predicted octanol–water partition coefficient (Wildman–Crippen LogP) is 1.20. The van der Waals surface area contributed by atoms with Gasteiger partial charge in [0.1, 0.15) is 29.8 Å². The minimum absolute atomic E-state index is 0.307. The van der Waals surface area contributed by atoms with E-state index in [1.807, 2.05) is 49.7 Å². The fourth-order valence-corrected chi connectivity index (χ4v) is 4.06.